The average Bonchev–Trinajstić information content (AvgIpc) is 2.38. The van der Waals surface area contributed by atoms with Gasteiger partial charge in [-0.15, -0.1) is 0 Å². The molecule has 1 saturated carbocycles. The largest absolute Gasteiger partial charge is 0.392 e. The summed E-state index contributed by atoms with van der Waals surface area (Å²) in [5.74, 6) is 1.07. The molecule has 0 radical (unpaired) electrons. The summed E-state index contributed by atoms with van der Waals surface area (Å²) in [5, 5.41) is 10.2. The zero-order valence-corrected chi connectivity index (χ0v) is 11.0. The van der Waals surface area contributed by atoms with E-state index >= 15 is 0 Å². The Hall–Kier alpha value is -0.860. The van der Waals surface area contributed by atoms with E-state index in [4.69, 9.17) is 0 Å². The molecular weight excluding hydrogens is 222 g/mol. The highest BCUT2D eigenvalue weighted by Crippen LogP contribution is 2.34. The molecule has 2 heteroatoms. The quantitative estimate of drug-likeness (QED) is 0.883. The van der Waals surface area contributed by atoms with Crippen LogP contribution in [0, 0.1) is 11.8 Å². The van der Waals surface area contributed by atoms with E-state index in [2.05, 4.69) is 35.2 Å². The molecule has 2 bridgehead atoms. The van der Waals surface area contributed by atoms with Crippen LogP contribution >= 0.6 is 0 Å². The summed E-state index contributed by atoms with van der Waals surface area (Å²) in [5.41, 5.74) is 1.42. The fourth-order valence-electron chi connectivity index (χ4n) is 3.62. The first-order chi connectivity index (χ1) is 8.83. The van der Waals surface area contributed by atoms with Crippen molar-refractivity contribution in [3.63, 3.8) is 0 Å². The van der Waals surface area contributed by atoms with Crippen LogP contribution in [0.3, 0.4) is 0 Å². The highest BCUT2D eigenvalue weighted by Gasteiger charge is 2.37. The summed E-state index contributed by atoms with van der Waals surface area (Å²) < 4.78 is 0. The van der Waals surface area contributed by atoms with E-state index in [0.717, 1.165) is 26.1 Å². The van der Waals surface area contributed by atoms with Gasteiger partial charge in [0.25, 0.3) is 0 Å². The zero-order valence-electron chi connectivity index (χ0n) is 11.0. The number of aliphatic hydroxyl groups excluding tert-OH is 1. The van der Waals surface area contributed by atoms with Crippen molar-refractivity contribution in [1.29, 1.82) is 0 Å². The fourth-order valence-corrected chi connectivity index (χ4v) is 3.62. The van der Waals surface area contributed by atoms with Crippen LogP contribution in [-0.2, 0) is 6.42 Å². The zero-order chi connectivity index (χ0) is 12.4. The smallest absolute Gasteiger partial charge is 0.0620 e. The Labute approximate surface area is 110 Å². The molecule has 1 heterocycles. The minimum absolute atomic E-state index is 0.0216. The summed E-state index contributed by atoms with van der Waals surface area (Å²) in [6.07, 6.45) is 4.88. The minimum atomic E-state index is -0.0216. The van der Waals surface area contributed by atoms with Gasteiger partial charge in [0.1, 0.15) is 0 Å². The minimum Gasteiger partial charge on any atom is -0.392 e. The van der Waals surface area contributed by atoms with Gasteiger partial charge < -0.3 is 10.0 Å². The number of hydrogen-bond donors (Lipinski definition) is 1. The van der Waals surface area contributed by atoms with Gasteiger partial charge in [0.15, 0.2) is 0 Å². The molecule has 2 unspecified atom stereocenters. The maximum atomic E-state index is 10.2. The number of aliphatic hydroxyl groups is 1. The van der Waals surface area contributed by atoms with Gasteiger partial charge in [-0.1, -0.05) is 36.8 Å². The van der Waals surface area contributed by atoms with E-state index in [1.807, 2.05) is 0 Å². The second-order valence-corrected chi connectivity index (χ2v) is 5.94. The number of fused-ring (bicyclic) bond motifs is 2. The Morgan fingerprint density at radius 2 is 1.72 bits per heavy atom. The molecule has 1 aliphatic heterocycles. The van der Waals surface area contributed by atoms with Crippen molar-refractivity contribution in [3.8, 4) is 0 Å². The van der Waals surface area contributed by atoms with Crippen LogP contribution in [0.5, 0.6) is 0 Å². The summed E-state index contributed by atoms with van der Waals surface area (Å²) >= 11 is 0. The predicted molar refractivity (Wildman–Crippen MR) is 73.4 cm³/mol. The van der Waals surface area contributed by atoms with Gasteiger partial charge in [-0.25, -0.2) is 0 Å². The first-order valence-electron chi connectivity index (χ1n) is 7.27. The highest BCUT2D eigenvalue weighted by atomic mass is 16.3. The third-order valence-corrected chi connectivity index (χ3v) is 4.66. The normalized spacial score (nSPS) is 32.4. The molecule has 1 aromatic rings. The van der Waals surface area contributed by atoms with Crippen LogP contribution in [0.25, 0.3) is 0 Å². The predicted octanol–water partition coefficient (Wildman–Crippen LogP) is 2.32. The molecule has 0 aromatic heterocycles. The Morgan fingerprint density at radius 3 is 2.39 bits per heavy atom. The van der Waals surface area contributed by atoms with Crippen LogP contribution < -0.4 is 0 Å². The van der Waals surface area contributed by atoms with Crippen LogP contribution in [-0.4, -0.2) is 35.7 Å². The molecular formula is C16H23NO. The lowest BCUT2D eigenvalue weighted by atomic mass is 9.75. The second kappa shape index (κ2) is 5.41. The molecule has 3 rings (SSSR count). The molecule has 18 heavy (non-hydrogen) atoms. The number of hydrogen-bond acceptors (Lipinski definition) is 2. The van der Waals surface area contributed by atoms with E-state index in [0.29, 0.717) is 11.8 Å². The van der Waals surface area contributed by atoms with Crippen LogP contribution in [0.4, 0.5) is 0 Å². The summed E-state index contributed by atoms with van der Waals surface area (Å²) in [6.45, 7) is 3.35. The van der Waals surface area contributed by atoms with Crippen LogP contribution in [0.1, 0.15) is 24.8 Å². The van der Waals surface area contributed by atoms with Gasteiger partial charge in [-0.05, 0) is 36.7 Å². The van der Waals surface area contributed by atoms with Crippen molar-refractivity contribution in [3.05, 3.63) is 35.9 Å². The maximum absolute atomic E-state index is 10.2. The van der Waals surface area contributed by atoms with Crippen molar-refractivity contribution in [1.82, 2.24) is 4.90 Å². The lowest BCUT2D eigenvalue weighted by Gasteiger charge is -2.45. The molecule has 98 valence electrons. The molecule has 1 saturated heterocycles. The van der Waals surface area contributed by atoms with E-state index in [-0.39, 0.29) is 6.10 Å². The molecule has 0 amide bonds. The molecule has 2 aliphatic rings. The molecule has 2 fully saturated rings. The van der Waals surface area contributed by atoms with Crippen molar-refractivity contribution < 1.29 is 5.11 Å². The van der Waals surface area contributed by atoms with Gasteiger partial charge in [0.2, 0.25) is 0 Å². The lowest BCUT2D eigenvalue weighted by Crippen LogP contribution is -2.51. The summed E-state index contributed by atoms with van der Waals surface area (Å²) in [7, 11) is 0. The summed E-state index contributed by atoms with van der Waals surface area (Å²) in [6, 6.07) is 10.7. The van der Waals surface area contributed by atoms with Gasteiger partial charge >= 0.3 is 0 Å². The highest BCUT2D eigenvalue weighted by molar-refractivity contribution is 5.14. The van der Waals surface area contributed by atoms with Crippen molar-refractivity contribution >= 4 is 0 Å². The number of likely N-dealkylation sites (tertiary alicyclic amines) is 1. The monoisotopic (exact) mass is 245 g/mol. The molecule has 1 aliphatic carbocycles. The maximum Gasteiger partial charge on any atom is 0.0620 e. The Kier molecular flexibility index (Phi) is 3.67. The SMILES string of the molecule is OC1C2CCCC1CN(CCc1ccccc1)C2. The van der Waals surface area contributed by atoms with Crippen molar-refractivity contribution in [2.45, 2.75) is 31.8 Å². The first kappa shape index (κ1) is 12.2. The Morgan fingerprint density at radius 1 is 1.06 bits per heavy atom. The number of benzene rings is 1. The van der Waals surface area contributed by atoms with Gasteiger partial charge in [-0.3, -0.25) is 0 Å². The first-order valence-corrected chi connectivity index (χ1v) is 7.27. The van der Waals surface area contributed by atoms with Crippen molar-refractivity contribution in [2.24, 2.45) is 11.8 Å². The molecule has 2 atom stereocenters. The van der Waals surface area contributed by atoms with E-state index in [1.54, 1.807) is 0 Å². The summed E-state index contributed by atoms with van der Waals surface area (Å²) in [4.78, 5) is 2.56. The Balaban J connectivity index is 1.55. The number of piperidine rings is 1. The van der Waals surface area contributed by atoms with Gasteiger partial charge in [0.05, 0.1) is 6.10 Å². The third-order valence-electron chi connectivity index (χ3n) is 4.66. The molecule has 1 aromatic carbocycles. The van der Waals surface area contributed by atoms with E-state index in [9.17, 15) is 5.11 Å². The average molecular weight is 245 g/mol. The standard InChI is InChI=1S/C16H23NO/c18-16-14-7-4-8-15(16)12-17(11-14)10-9-13-5-2-1-3-6-13/h1-3,5-6,14-16,18H,4,7-12H2. The van der Waals surface area contributed by atoms with E-state index < -0.39 is 0 Å². The number of nitrogens with zero attached hydrogens (tertiary/aromatic N) is 1. The fraction of sp³-hybridized carbons (Fsp3) is 0.625. The molecule has 0 spiro atoms. The number of rotatable bonds is 3. The van der Waals surface area contributed by atoms with E-state index in [1.165, 1.54) is 24.8 Å². The topological polar surface area (TPSA) is 23.5 Å². The van der Waals surface area contributed by atoms with Gasteiger partial charge in [-0.2, -0.15) is 0 Å². The van der Waals surface area contributed by atoms with Crippen molar-refractivity contribution in [2.75, 3.05) is 19.6 Å². The van der Waals surface area contributed by atoms with Gasteiger partial charge in [0, 0.05) is 19.6 Å². The van der Waals surface area contributed by atoms with Crippen LogP contribution in [0.15, 0.2) is 30.3 Å². The second-order valence-electron chi connectivity index (χ2n) is 5.94. The molecule has 2 nitrogen and oxygen atoms in total. The third kappa shape index (κ3) is 2.60. The van der Waals surface area contributed by atoms with Crippen LogP contribution in [0.2, 0.25) is 0 Å². The Bertz CT molecular complexity index is 364. The lowest BCUT2D eigenvalue weighted by molar-refractivity contribution is -0.0488. The molecule has 1 N–H and O–H groups in total.